The summed E-state index contributed by atoms with van der Waals surface area (Å²) in [6.45, 7) is 10.9. The molecule has 12 nitrogen and oxygen atoms in total. The average Bonchev–Trinajstić information content (AvgIpc) is 3.06. The fourth-order valence-corrected chi connectivity index (χ4v) is 6.26. The number of anilines is 1. The average molecular weight is 628 g/mol. The van der Waals surface area contributed by atoms with Gasteiger partial charge >= 0.3 is 13.5 Å². The molecule has 0 saturated carbocycles. The third-order valence-electron chi connectivity index (χ3n) is 5.58. The molecule has 0 radical (unpaired) electrons. The lowest BCUT2D eigenvalue weighted by molar-refractivity contribution is -0.118. The Morgan fingerprint density at radius 3 is 2.08 bits per heavy atom. The van der Waals surface area contributed by atoms with E-state index in [1.807, 2.05) is 0 Å². The topological polar surface area (TPSA) is 169 Å². The van der Waals surface area contributed by atoms with Crippen LogP contribution in [0.4, 0.5) is 10.2 Å². The Balaban J connectivity index is 2.10. The van der Waals surface area contributed by atoms with Gasteiger partial charge in [0.1, 0.15) is 17.5 Å². The first-order valence-corrected chi connectivity index (χ1v) is 15.9. The van der Waals surface area contributed by atoms with Crippen LogP contribution < -0.4 is 11.4 Å². The van der Waals surface area contributed by atoms with Crippen LogP contribution in [0.1, 0.15) is 54.7 Å². The Kier molecular flexibility index (Phi) is 12.0. The number of halogens is 1. The molecule has 0 spiro atoms. The van der Waals surface area contributed by atoms with E-state index in [2.05, 4.69) is 4.98 Å². The van der Waals surface area contributed by atoms with Crippen LogP contribution in [0.5, 0.6) is 0 Å². The van der Waals surface area contributed by atoms with Crippen molar-refractivity contribution in [1.82, 2.24) is 9.55 Å². The van der Waals surface area contributed by atoms with Crippen LogP contribution in [0.15, 0.2) is 17.1 Å². The molecule has 0 bridgehead atoms. The predicted molar refractivity (Wildman–Crippen MR) is 152 cm³/mol. The molecule has 2 heterocycles. The zero-order chi connectivity index (χ0) is 30.5. The smallest absolute Gasteiger partial charge is 0.387 e. The van der Waals surface area contributed by atoms with Crippen molar-refractivity contribution in [1.29, 1.82) is 0 Å². The zero-order valence-corrected chi connectivity index (χ0v) is 26.3. The lowest BCUT2D eigenvalue weighted by Gasteiger charge is -2.29. The van der Waals surface area contributed by atoms with E-state index in [1.54, 1.807) is 41.5 Å². The summed E-state index contributed by atoms with van der Waals surface area (Å²) in [4.78, 5) is 40.1. The molecule has 3 N–H and O–H groups in total. The molecular weight excluding hydrogens is 588 g/mol. The van der Waals surface area contributed by atoms with Gasteiger partial charge in [0.05, 0.1) is 19.8 Å². The van der Waals surface area contributed by atoms with Gasteiger partial charge in [-0.3, -0.25) is 27.7 Å². The zero-order valence-electron chi connectivity index (χ0n) is 23.7. The summed E-state index contributed by atoms with van der Waals surface area (Å²) in [6, 6.07) is 1.27. The molecule has 1 aromatic rings. The summed E-state index contributed by atoms with van der Waals surface area (Å²) in [5, 5.41) is 10.4. The number of hydrogen-bond acceptors (Lipinski definition) is 13. The minimum Gasteiger partial charge on any atom is -0.387 e. The number of nitrogens with zero attached hydrogens (tertiary/aromatic N) is 2. The number of phosphoric acid groups is 1. The van der Waals surface area contributed by atoms with Crippen molar-refractivity contribution in [3.8, 4) is 0 Å². The quantitative estimate of drug-likeness (QED) is 0.255. The standard InChI is InChI=1S/C24H39FN3O9PS2/c1-22(2,3)19(30)39-12-10-34-38(33,35-11-13-40-20(31)23(4,5)6)36-14-24(7)17(29)16(25)18(37-24)28-9-8-15(26)27-21(28)32/h8-9,16-18,29H,10-14H2,1-7H3,(H2,26,27,32)/t16-,17+,18-,24-/m1/s1. The maximum Gasteiger partial charge on any atom is 0.474 e. The van der Waals surface area contributed by atoms with E-state index < -0.39 is 55.1 Å². The first-order valence-electron chi connectivity index (χ1n) is 12.5. The van der Waals surface area contributed by atoms with Gasteiger partial charge in [-0.05, 0) is 13.0 Å². The van der Waals surface area contributed by atoms with Crippen LogP contribution in [0, 0.1) is 10.8 Å². The van der Waals surface area contributed by atoms with Crippen LogP contribution in [0.25, 0.3) is 0 Å². The van der Waals surface area contributed by atoms with Crippen molar-refractivity contribution in [3.63, 3.8) is 0 Å². The highest BCUT2D eigenvalue weighted by atomic mass is 32.2. The molecule has 16 heteroatoms. The number of rotatable bonds is 12. The fourth-order valence-electron chi connectivity index (χ4n) is 3.17. The maximum atomic E-state index is 15.1. The molecule has 1 saturated heterocycles. The number of nitrogens with two attached hydrogens (primary N) is 1. The molecule has 40 heavy (non-hydrogen) atoms. The van der Waals surface area contributed by atoms with Crippen molar-refractivity contribution in [2.75, 3.05) is 37.1 Å². The molecule has 0 aliphatic carbocycles. The van der Waals surface area contributed by atoms with Crippen molar-refractivity contribution >= 4 is 47.4 Å². The van der Waals surface area contributed by atoms with Crippen LogP contribution >= 0.6 is 31.3 Å². The highest BCUT2D eigenvalue weighted by Crippen LogP contribution is 2.52. The van der Waals surface area contributed by atoms with Crippen LogP contribution in [0.2, 0.25) is 0 Å². The van der Waals surface area contributed by atoms with Crippen molar-refractivity contribution < 1.29 is 42.0 Å². The second kappa shape index (κ2) is 13.8. The van der Waals surface area contributed by atoms with E-state index in [1.165, 1.54) is 19.2 Å². The number of aliphatic hydroxyl groups is 1. The van der Waals surface area contributed by atoms with Gasteiger partial charge in [0.2, 0.25) is 0 Å². The second-order valence-corrected chi connectivity index (χ2v) is 15.2. The molecule has 0 amide bonds. The number of aromatic nitrogens is 2. The van der Waals surface area contributed by atoms with Gasteiger partial charge in [-0.2, -0.15) is 4.98 Å². The van der Waals surface area contributed by atoms with E-state index in [4.69, 9.17) is 24.0 Å². The molecule has 0 aromatic carbocycles. The number of carbonyl (C=O) groups excluding carboxylic acids is 2. The summed E-state index contributed by atoms with van der Waals surface area (Å²) in [5.41, 5.74) is 1.68. The third-order valence-corrected chi connectivity index (χ3v) is 9.51. The summed E-state index contributed by atoms with van der Waals surface area (Å²) >= 11 is 1.99. The van der Waals surface area contributed by atoms with Gasteiger partial charge in [-0.25, -0.2) is 13.8 Å². The molecule has 4 atom stereocenters. The summed E-state index contributed by atoms with van der Waals surface area (Å²) in [7, 11) is -4.33. The van der Waals surface area contributed by atoms with Gasteiger partial charge in [0, 0.05) is 28.5 Å². The molecule has 1 aromatic heterocycles. The number of carbonyl (C=O) groups is 2. The SMILES string of the molecule is CC(C)(C)C(=O)SCCOP(=O)(OCCSC(=O)C(C)(C)C)OC[C@@]1(C)O[C@@H](n2ccc(N)nc2=O)[C@H](F)[C@@H]1O. The first kappa shape index (κ1) is 34.9. The summed E-state index contributed by atoms with van der Waals surface area (Å²) in [5.74, 6) is 0.242. The van der Waals surface area contributed by atoms with Crippen LogP contribution in [0.3, 0.4) is 0 Å². The number of phosphoric ester groups is 1. The van der Waals surface area contributed by atoms with Gasteiger partial charge in [-0.1, -0.05) is 65.1 Å². The Hall–Kier alpha value is -1.32. The van der Waals surface area contributed by atoms with Gasteiger partial charge in [-0.15, -0.1) is 0 Å². The molecule has 0 unspecified atom stereocenters. The molecule has 1 aliphatic heterocycles. The largest absolute Gasteiger partial charge is 0.474 e. The van der Waals surface area contributed by atoms with Gasteiger partial charge in [0.15, 0.2) is 22.6 Å². The molecule has 228 valence electrons. The van der Waals surface area contributed by atoms with E-state index in [-0.39, 0.29) is 40.8 Å². The third kappa shape index (κ3) is 9.62. The number of ether oxygens (including phenoxy) is 1. The second-order valence-electron chi connectivity index (χ2n) is 11.4. The first-order chi connectivity index (χ1) is 18.3. The molecule has 1 aliphatic rings. The molecular formula is C24H39FN3O9PS2. The van der Waals surface area contributed by atoms with E-state index in [9.17, 15) is 24.1 Å². The number of nitrogen functional groups attached to an aromatic ring is 1. The lowest BCUT2D eigenvalue weighted by atomic mass is 9.99. The fraction of sp³-hybridized carbons (Fsp3) is 0.750. The van der Waals surface area contributed by atoms with Crippen molar-refractivity contribution in [3.05, 3.63) is 22.7 Å². The van der Waals surface area contributed by atoms with E-state index >= 15 is 4.39 Å². The van der Waals surface area contributed by atoms with Gasteiger partial charge < -0.3 is 15.6 Å². The number of aliphatic hydroxyl groups excluding tert-OH is 1. The monoisotopic (exact) mass is 627 g/mol. The van der Waals surface area contributed by atoms with E-state index in [0.29, 0.717) is 0 Å². The van der Waals surface area contributed by atoms with Crippen LogP contribution in [-0.2, 0) is 32.5 Å². The Morgan fingerprint density at radius 1 is 1.12 bits per heavy atom. The maximum absolute atomic E-state index is 15.1. The molecule has 1 fully saturated rings. The Bertz CT molecular complexity index is 1120. The highest BCUT2D eigenvalue weighted by molar-refractivity contribution is 8.14. The number of thioether (sulfide) groups is 2. The lowest BCUT2D eigenvalue weighted by Crippen LogP contribution is -2.43. The van der Waals surface area contributed by atoms with E-state index in [0.717, 1.165) is 28.1 Å². The van der Waals surface area contributed by atoms with Gasteiger partial charge in [0.25, 0.3) is 0 Å². The number of alkyl halides is 1. The predicted octanol–water partition coefficient (Wildman–Crippen LogP) is 3.58. The Labute approximate surface area is 241 Å². The summed E-state index contributed by atoms with van der Waals surface area (Å²) < 4.78 is 51.3. The van der Waals surface area contributed by atoms with Crippen molar-refractivity contribution in [2.45, 2.75) is 72.6 Å². The molecule has 2 rings (SSSR count). The number of hydrogen-bond donors (Lipinski definition) is 2. The van der Waals surface area contributed by atoms with Crippen molar-refractivity contribution in [2.24, 2.45) is 10.8 Å². The minimum atomic E-state index is -4.33. The van der Waals surface area contributed by atoms with Crippen LogP contribution in [-0.4, -0.2) is 74.1 Å². The highest BCUT2D eigenvalue weighted by Gasteiger charge is 2.54. The normalized spacial score (nSPS) is 23.9. The Morgan fingerprint density at radius 2 is 1.62 bits per heavy atom. The summed E-state index contributed by atoms with van der Waals surface area (Å²) in [6.07, 6.45) is -4.20. The minimum absolute atomic E-state index is 0.0683.